The van der Waals surface area contributed by atoms with Crippen molar-refractivity contribution < 1.29 is 14.6 Å². The van der Waals surface area contributed by atoms with Gasteiger partial charge in [-0.15, -0.1) is 0 Å². The molecule has 0 radical (unpaired) electrons. The van der Waals surface area contributed by atoms with Crippen molar-refractivity contribution in [2.24, 2.45) is 0 Å². The highest BCUT2D eigenvalue weighted by Gasteiger charge is 2.16. The van der Waals surface area contributed by atoms with Crippen molar-refractivity contribution in [2.75, 3.05) is 14.2 Å². The molecule has 1 unspecified atom stereocenters. The van der Waals surface area contributed by atoms with Crippen LogP contribution in [0.4, 0.5) is 0 Å². The van der Waals surface area contributed by atoms with Gasteiger partial charge in [-0.05, 0) is 35.9 Å². The molecule has 0 bridgehead atoms. The minimum Gasteiger partial charge on any atom is -0.497 e. The van der Waals surface area contributed by atoms with E-state index < -0.39 is 6.10 Å². The van der Waals surface area contributed by atoms with E-state index >= 15 is 0 Å². The number of hydrogen-bond acceptors (Lipinski definition) is 3. The van der Waals surface area contributed by atoms with Gasteiger partial charge < -0.3 is 14.6 Å². The van der Waals surface area contributed by atoms with Crippen LogP contribution in [0.1, 0.15) is 17.2 Å². The summed E-state index contributed by atoms with van der Waals surface area (Å²) >= 11 is 5.97. The maximum atomic E-state index is 10.5. The SMILES string of the molecule is COc1cccc(C(O)c2cc(Cl)ccc2OC)c1. The number of halogens is 1. The number of aliphatic hydroxyl groups excluding tert-OH is 1. The Morgan fingerprint density at radius 1 is 1.05 bits per heavy atom. The summed E-state index contributed by atoms with van der Waals surface area (Å²) < 4.78 is 10.4. The van der Waals surface area contributed by atoms with Crippen molar-refractivity contribution in [2.45, 2.75) is 6.10 Å². The van der Waals surface area contributed by atoms with E-state index in [-0.39, 0.29) is 0 Å². The van der Waals surface area contributed by atoms with Gasteiger partial charge in [0.25, 0.3) is 0 Å². The highest BCUT2D eigenvalue weighted by Crippen LogP contribution is 2.33. The fraction of sp³-hybridized carbons (Fsp3) is 0.200. The highest BCUT2D eigenvalue weighted by molar-refractivity contribution is 6.30. The summed E-state index contributed by atoms with van der Waals surface area (Å²) in [4.78, 5) is 0. The second-order valence-corrected chi connectivity index (χ2v) is 4.50. The third-order valence-electron chi connectivity index (χ3n) is 2.90. The maximum absolute atomic E-state index is 10.5. The molecule has 19 heavy (non-hydrogen) atoms. The number of methoxy groups -OCH3 is 2. The minimum absolute atomic E-state index is 0.553. The van der Waals surface area contributed by atoms with Gasteiger partial charge in [0.15, 0.2) is 0 Å². The van der Waals surface area contributed by atoms with Gasteiger partial charge in [-0.2, -0.15) is 0 Å². The summed E-state index contributed by atoms with van der Waals surface area (Å²) in [6.07, 6.45) is -0.816. The molecule has 0 aliphatic carbocycles. The lowest BCUT2D eigenvalue weighted by Crippen LogP contribution is -2.02. The minimum atomic E-state index is -0.816. The van der Waals surface area contributed by atoms with E-state index in [1.54, 1.807) is 38.5 Å². The Labute approximate surface area is 117 Å². The standard InChI is InChI=1S/C15H15ClO3/c1-18-12-5-3-4-10(8-12)15(17)13-9-11(16)6-7-14(13)19-2/h3-9,15,17H,1-2H3. The molecule has 0 saturated carbocycles. The van der Waals surface area contributed by atoms with Gasteiger partial charge in [0.2, 0.25) is 0 Å². The number of benzene rings is 2. The first kappa shape index (κ1) is 13.7. The first-order chi connectivity index (χ1) is 9.15. The van der Waals surface area contributed by atoms with Crippen LogP contribution in [-0.2, 0) is 0 Å². The Bertz CT molecular complexity index is 569. The van der Waals surface area contributed by atoms with Gasteiger partial charge in [0.1, 0.15) is 17.6 Å². The molecule has 3 nitrogen and oxygen atoms in total. The average molecular weight is 279 g/mol. The third-order valence-corrected chi connectivity index (χ3v) is 3.13. The van der Waals surface area contributed by atoms with Crippen LogP contribution in [0.2, 0.25) is 5.02 Å². The van der Waals surface area contributed by atoms with E-state index in [0.29, 0.717) is 22.1 Å². The normalized spacial score (nSPS) is 12.0. The van der Waals surface area contributed by atoms with E-state index in [4.69, 9.17) is 21.1 Å². The van der Waals surface area contributed by atoms with E-state index in [9.17, 15) is 5.11 Å². The molecule has 4 heteroatoms. The molecule has 0 saturated heterocycles. The largest absolute Gasteiger partial charge is 0.497 e. The van der Waals surface area contributed by atoms with E-state index in [1.165, 1.54) is 0 Å². The van der Waals surface area contributed by atoms with E-state index in [0.717, 1.165) is 5.56 Å². The van der Waals surface area contributed by atoms with Crippen LogP contribution in [-0.4, -0.2) is 19.3 Å². The summed E-state index contributed by atoms with van der Waals surface area (Å²) in [6, 6.07) is 12.4. The molecule has 0 aliphatic heterocycles. The molecule has 100 valence electrons. The zero-order valence-corrected chi connectivity index (χ0v) is 11.5. The van der Waals surface area contributed by atoms with E-state index in [2.05, 4.69) is 0 Å². The molecule has 0 heterocycles. The molecular formula is C15H15ClO3. The topological polar surface area (TPSA) is 38.7 Å². The predicted molar refractivity (Wildman–Crippen MR) is 75.1 cm³/mol. The molecule has 1 N–H and O–H groups in total. The third kappa shape index (κ3) is 3.00. The smallest absolute Gasteiger partial charge is 0.125 e. The number of rotatable bonds is 4. The first-order valence-electron chi connectivity index (χ1n) is 5.81. The van der Waals surface area contributed by atoms with Crippen LogP contribution >= 0.6 is 11.6 Å². The van der Waals surface area contributed by atoms with Gasteiger partial charge in [-0.25, -0.2) is 0 Å². The van der Waals surface area contributed by atoms with Crippen LogP contribution in [0.25, 0.3) is 0 Å². The summed E-state index contributed by atoms with van der Waals surface area (Å²) in [5, 5.41) is 11.0. The zero-order valence-electron chi connectivity index (χ0n) is 10.8. The lowest BCUT2D eigenvalue weighted by molar-refractivity contribution is 0.214. The Hall–Kier alpha value is -1.71. The molecule has 0 aliphatic rings. The predicted octanol–water partition coefficient (Wildman–Crippen LogP) is 3.44. The molecule has 1 atom stereocenters. The van der Waals surface area contributed by atoms with Crippen LogP contribution in [0, 0.1) is 0 Å². The molecule has 0 fully saturated rings. The Kier molecular flexibility index (Phi) is 4.30. The maximum Gasteiger partial charge on any atom is 0.125 e. The Morgan fingerprint density at radius 3 is 2.53 bits per heavy atom. The van der Waals surface area contributed by atoms with Gasteiger partial charge in [0.05, 0.1) is 14.2 Å². The second kappa shape index (κ2) is 5.95. The van der Waals surface area contributed by atoms with Crippen LogP contribution < -0.4 is 9.47 Å². The Balaban J connectivity index is 2.42. The molecule has 2 aromatic rings. The summed E-state index contributed by atoms with van der Waals surface area (Å²) in [5.41, 5.74) is 1.35. The molecule has 0 aromatic heterocycles. The number of ether oxygens (including phenoxy) is 2. The van der Waals surface area contributed by atoms with Crippen molar-refractivity contribution in [3.05, 3.63) is 58.6 Å². The number of hydrogen-bond donors (Lipinski definition) is 1. The molecule has 0 spiro atoms. The molecule has 2 aromatic carbocycles. The molecule has 2 rings (SSSR count). The van der Waals surface area contributed by atoms with Gasteiger partial charge in [-0.1, -0.05) is 23.7 Å². The summed E-state index contributed by atoms with van der Waals surface area (Å²) in [5.74, 6) is 1.29. The van der Waals surface area contributed by atoms with Crippen molar-refractivity contribution in [1.82, 2.24) is 0 Å². The van der Waals surface area contributed by atoms with Crippen LogP contribution in [0.5, 0.6) is 11.5 Å². The molecular weight excluding hydrogens is 264 g/mol. The summed E-state index contributed by atoms with van der Waals surface area (Å²) in [7, 11) is 3.15. The zero-order chi connectivity index (χ0) is 13.8. The monoisotopic (exact) mass is 278 g/mol. The second-order valence-electron chi connectivity index (χ2n) is 4.07. The van der Waals surface area contributed by atoms with Gasteiger partial charge in [0, 0.05) is 10.6 Å². The first-order valence-corrected chi connectivity index (χ1v) is 6.19. The van der Waals surface area contributed by atoms with E-state index in [1.807, 2.05) is 18.2 Å². The van der Waals surface area contributed by atoms with Gasteiger partial charge in [-0.3, -0.25) is 0 Å². The van der Waals surface area contributed by atoms with Crippen molar-refractivity contribution >= 4 is 11.6 Å². The fourth-order valence-electron chi connectivity index (χ4n) is 1.91. The lowest BCUT2D eigenvalue weighted by Gasteiger charge is -2.16. The van der Waals surface area contributed by atoms with Crippen molar-refractivity contribution in [1.29, 1.82) is 0 Å². The van der Waals surface area contributed by atoms with Gasteiger partial charge >= 0.3 is 0 Å². The fourth-order valence-corrected chi connectivity index (χ4v) is 2.09. The Morgan fingerprint density at radius 2 is 1.84 bits per heavy atom. The summed E-state index contributed by atoms with van der Waals surface area (Å²) in [6.45, 7) is 0. The number of aliphatic hydroxyl groups is 1. The molecule has 0 amide bonds. The highest BCUT2D eigenvalue weighted by atomic mass is 35.5. The average Bonchev–Trinajstić information content (AvgIpc) is 2.46. The lowest BCUT2D eigenvalue weighted by atomic mass is 10.0. The van der Waals surface area contributed by atoms with Crippen molar-refractivity contribution in [3.8, 4) is 11.5 Å². The van der Waals surface area contributed by atoms with Crippen LogP contribution in [0.15, 0.2) is 42.5 Å². The quantitative estimate of drug-likeness (QED) is 0.931. The van der Waals surface area contributed by atoms with Crippen molar-refractivity contribution in [3.63, 3.8) is 0 Å². The van der Waals surface area contributed by atoms with Crippen LogP contribution in [0.3, 0.4) is 0 Å².